The summed E-state index contributed by atoms with van der Waals surface area (Å²) in [5.41, 5.74) is 11.4. The minimum absolute atomic E-state index is 0.650. The van der Waals surface area contributed by atoms with Crippen molar-refractivity contribution in [1.82, 2.24) is 24.1 Å². The van der Waals surface area contributed by atoms with Crippen LogP contribution in [0, 0.1) is 0 Å². The number of benzene rings is 6. The summed E-state index contributed by atoms with van der Waals surface area (Å²) in [7, 11) is 0. The fourth-order valence-corrected chi connectivity index (χ4v) is 7.55. The highest BCUT2D eigenvalue weighted by atomic mass is 15.0. The Kier molecular flexibility index (Phi) is 6.56. The van der Waals surface area contributed by atoms with Gasteiger partial charge in [-0.25, -0.2) is 15.0 Å². The van der Waals surface area contributed by atoms with Crippen LogP contribution in [0.2, 0.25) is 0 Å². The molecule has 0 bridgehead atoms. The van der Waals surface area contributed by atoms with Crippen LogP contribution < -0.4 is 0 Å². The molecule has 0 radical (unpaired) electrons. The van der Waals surface area contributed by atoms with Gasteiger partial charge in [-0.1, -0.05) is 115 Å². The van der Waals surface area contributed by atoms with Crippen molar-refractivity contribution in [2.24, 2.45) is 0 Å². The fraction of sp³-hybridized carbons (Fsp3) is 0.0444. The third-order valence-corrected chi connectivity index (χ3v) is 9.83. The average Bonchev–Trinajstić information content (AvgIpc) is 3.71. The minimum Gasteiger partial charge on any atom is -0.313 e. The molecule has 6 aromatic carbocycles. The molecule has 1 aliphatic carbocycles. The smallest absolute Gasteiger partial charge is 0.164 e. The first-order valence-electron chi connectivity index (χ1n) is 17.1. The lowest BCUT2D eigenvalue weighted by atomic mass is 10.0. The molecule has 3 aromatic heterocycles. The monoisotopic (exact) mass is 641 g/mol. The zero-order valence-electron chi connectivity index (χ0n) is 27.2. The maximum absolute atomic E-state index is 5.02. The summed E-state index contributed by atoms with van der Waals surface area (Å²) in [5.74, 6) is 1.96. The summed E-state index contributed by atoms with van der Waals surface area (Å²) >= 11 is 0. The predicted octanol–water partition coefficient (Wildman–Crippen LogP) is 10.9. The van der Waals surface area contributed by atoms with E-state index in [1.54, 1.807) is 0 Å². The second-order valence-electron chi connectivity index (χ2n) is 12.8. The van der Waals surface area contributed by atoms with Crippen LogP contribution in [0.25, 0.3) is 84.3 Å². The van der Waals surface area contributed by atoms with E-state index in [1.807, 2.05) is 60.7 Å². The Morgan fingerprint density at radius 1 is 0.420 bits per heavy atom. The van der Waals surface area contributed by atoms with Gasteiger partial charge < -0.3 is 9.13 Å². The standard InChI is InChI=1S/C45H31N5/c1-4-14-30(15-5-1)43-46-44(31-16-6-2-7-17-31)48-45(47-43)32-24-27-41-38(28-32)36-21-11-13-23-40(36)50(41)34-25-26-37-35-20-10-12-22-39(35)49(42(37)29-34)33-18-8-3-9-19-33/h1-11,13-21,23-29H,12,22H2. The van der Waals surface area contributed by atoms with Gasteiger partial charge in [0.05, 0.1) is 16.6 Å². The van der Waals surface area contributed by atoms with Crippen LogP contribution in [0.15, 0.2) is 158 Å². The second-order valence-corrected chi connectivity index (χ2v) is 12.8. The van der Waals surface area contributed by atoms with E-state index in [2.05, 4.69) is 112 Å². The molecule has 0 aliphatic heterocycles. The van der Waals surface area contributed by atoms with E-state index in [1.165, 1.54) is 33.2 Å². The van der Waals surface area contributed by atoms with E-state index in [0.717, 1.165) is 51.6 Å². The van der Waals surface area contributed by atoms with Gasteiger partial charge in [0.15, 0.2) is 17.5 Å². The number of aromatic nitrogens is 5. The third-order valence-electron chi connectivity index (χ3n) is 9.83. The Bertz CT molecular complexity index is 2680. The lowest BCUT2D eigenvalue weighted by Gasteiger charge is -2.14. The summed E-state index contributed by atoms with van der Waals surface area (Å²) in [6.07, 6.45) is 6.68. The average molecular weight is 642 g/mol. The summed E-state index contributed by atoms with van der Waals surface area (Å²) in [4.78, 5) is 14.9. The molecule has 5 heteroatoms. The Morgan fingerprint density at radius 2 is 1.04 bits per heavy atom. The van der Waals surface area contributed by atoms with Crippen molar-refractivity contribution in [3.63, 3.8) is 0 Å². The molecular weight excluding hydrogens is 611 g/mol. The van der Waals surface area contributed by atoms with Gasteiger partial charge in [0.2, 0.25) is 0 Å². The van der Waals surface area contributed by atoms with Gasteiger partial charge in [-0.2, -0.15) is 0 Å². The van der Waals surface area contributed by atoms with Crippen molar-refractivity contribution in [3.05, 3.63) is 169 Å². The van der Waals surface area contributed by atoms with Crippen molar-refractivity contribution in [2.45, 2.75) is 12.8 Å². The molecule has 0 saturated heterocycles. The van der Waals surface area contributed by atoms with Crippen LogP contribution in [0.5, 0.6) is 0 Å². The first-order valence-corrected chi connectivity index (χ1v) is 17.1. The SMILES string of the molecule is C1=Cc2c(n(-c3ccccc3)c3cc(-n4c5ccccc5c5cc(-c6nc(-c7ccccc7)nc(-c7ccccc7)n6)ccc54)ccc23)CC1. The van der Waals surface area contributed by atoms with Crippen LogP contribution in [-0.4, -0.2) is 24.1 Å². The maximum atomic E-state index is 5.02. The second kappa shape index (κ2) is 11.5. The summed E-state index contributed by atoms with van der Waals surface area (Å²) in [6.45, 7) is 0. The van der Waals surface area contributed by atoms with Crippen molar-refractivity contribution in [1.29, 1.82) is 0 Å². The number of hydrogen-bond donors (Lipinski definition) is 0. The Morgan fingerprint density at radius 3 is 1.76 bits per heavy atom. The first-order chi connectivity index (χ1) is 24.8. The molecule has 236 valence electrons. The van der Waals surface area contributed by atoms with Crippen LogP contribution in [-0.2, 0) is 6.42 Å². The highest BCUT2D eigenvalue weighted by molar-refractivity contribution is 6.10. The predicted molar refractivity (Wildman–Crippen MR) is 205 cm³/mol. The molecule has 0 spiro atoms. The topological polar surface area (TPSA) is 48.5 Å². The lowest BCUT2D eigenvalue weighted by Crippen LogP contribution is -2.03. The van der Waals surface area contributed by atoms with Crippen LogP contribution in [0.4, 0.5) is 0 Å². The van der Waals surface area contributed by atoms with E-state index in [4.69, 9.17) is 15.0 Å². The van der Waals surface area contributed by atoms with E-state index in [9.17, 15) is 0 Å². The van der Waals surface area contributed by atoms with E-state index in [-0.39, 0.29) is 0 Å². The van der Waals surface area contributed by atoms with Crippen molar-refractivity contribution >= 4 is 38.8 Å². The van der Waals surface area contributed by atoms with Gasteiger partial charge in [0.25, 0.3) is 0 Å². The van der Waals surface area contributed by atoms with Crippen molar-refractivity contribution < 1.29 is 0 Å². The molecule has 50 heavy (non-hydrogen) atoms. The Labute approximate surface area is 289 Å². The maximum Gasteiger partial charge on any atom is 0.164 e. The van der Waals surface area contributed by atoms with Crippen LogP contribution in [0.3, 0.4) is 0 Å². The molecule has 0 fully saturated rings. The Balaban J connectivity index is 1.18. The molecule has 0 atom stereocenters. The lowest BCUT2D eigenvalue weighted by molar-refractivity contribution is 0.888. The zero-order chi connectivity index (χ0) is 33.0. The third kappa shape index (κ3) is 4.59. The number of hydrogen-bond acceptors (Lipinski definition) is 3. The highest BCUT2D eigenvalue weighted by Crippen LogP contribution is 2.39. The molecule has 1 aliphatic rings. The van der Waals surface area contributed by atoms with Gasteiger partial charge in [-0.3, -0.25) is 0 Å². The fourth-order valence-electron chi connectivity index (χ4n) is 7.55. The molecule has 9 aromatic rings. The molecule has 3 heterocycles. The summed E-state index contributed by atoms with van der Waals surface area (Å²) in [6, 6.07) is 53.2. The van der Waals surface area contributed by atoms with Crippen molar-refractivity contribution in [2.75, 3.05) is 0 Å². The van der Waals surface area contributed by atoms with Crippen LogP contribution in [0.1, 0.15) is 17.7 Å². The Hall–Kier alpha value is -6.59. The van der Waals surface area contributed by atoms with Crippen molar-refractivity contribution in [3.8, 4) is 45.5 Å². The molecule has 0 amide bonds. The summed E-state index contributed by atoms with van der Waals surface area (Å²) < 4.78 is 4.85. The quantitative estimate of drug-likeness (QED) is 0.188. The van der Waals surface area contributed by atoms with Crippen LogP contribution >= 0.6 is 0 Å². The van der Waals surface area contributed by atoms with Gasteiger partial charge in [0.1, 0.15) is 0 Å². The zero-order valence-corrected chi connectivity index (χ0v) is 27.2. The van der Waals surface area contributed by atoms with E-state index in [0.29, 0.717) is 17.5 Å². The number of rotatable bonds is 5. The number of allylic oxidation sites excluding steroid dienone is 1. The molecule has 5 nitrogen and oxygen atoms in total. The first kappa shape index (κ1) is 28.4. The largest absolute Gasteiger partial charge is 0.313 e. The highest BCUT2D eigenvalue weighted by Gasteiger charge is 2.21. The van der Waals surface area contributed by atoms with E-state index >= 15 is 0 Å². The van der Waals surface area contributed by atoms with Gasteiger partial charge in [-0.15, -0.1) is 0 Å². The number of para-hydroxylation sites is 2. The summed E-state index contributed by atoms with van der Waals surface area (Å²) in [5, 5.41) is 3.62. The molecule has 10 rings (SSSR count). The molecule has 0 saturated carbocycles. The normalized spacial score (nSPS) is 12.6. The number of fused-ring (bicyclic) bond motifs is 6. The molecule has 0 N–H and O–H groups in total. The molecular formula is C45H31N5. The number of nitrogens with zero attached hydrogens (tertiary/aromatic N) is 5. The minimum atomic E-state index is 0.650. The van der Waals surface area contributed by atoms with Gasteiger partial charge in [-0.05, 0) is 61.4 Å². The van der Waals surface area contributed by atoms with Gasteiger partial charge >= 0.3 is 0 Å². The van der Waals surface area contributed by atoms with Gasteiger partial charge in [0, 0.05) is 55.5 Å². The molecule has 0 unspecified atom stereocenters. The van der Waals surface area contributed by atoms with E-state index < -0.39 is 0 Å².